The van der Waals surface area contributed by atoms with Gasteiger partial charge in [0.05, 0.1) is 6.21 Å². The van der Waals surface area contributed by atoms with Gasteiger partial charge in [-0.05, 0) is 13.0 Å². The monoisotopic (exact) mass is 121 g/mol. The van der Waals surface area contributed by atoms with E-state index in [1.54, 1.807) is 6.92 Å². The van der Waals surface area contributed by atoms with Gasteiger partial charge in [-0.3, -0.25) is 0 Å². The van der Waals surface area contributed by atoms with Crippen molar-refractivity contribution < 1.29 is 4.48 Å². The standard InChI is InChI=1S/C4H5ClFN/c1-4(5)2-3-7-6/h2-3H,1H3/b4-2+,7-3?. The largest absolute Gasteiger partial charge is 0.0956 e. The van der Waals surface area contributed by atoms with Crippen molar-refractivity contribution in [1.29, 1.82) is 0 Å². The summed E-state index contributed by atoms with van der Waals surface area (Å²) in [7, 11) is 0. The molecule has 1 nitrogen and oxygen atoms in total. The third-order valence-corrected chi connectivity index (χ3v) is 0.487. The molecule has 0 aliphatic heterocycles. The first kappa shape index (κ1) is 6.63. The average Bonchev–Trinajstić information content (AvgIpc) is 1.61. The quantitative estimate of drug-likeness (QED) is 0.471. The summed E-state index contributed by atoms with van der Waals surface area (Å²) in [4.78, 5) is 0. The van der Waals surface area contributed by atoms with Crippen molar-refractivity contribution in [2.45, 2.75) is 6.92 Å². The van der Waals surface area contributed by atoms with Gasteiger partial charge in [-0.1, -0.05) is 21.3 Å². The fraction of sp³-hybridized carbons (Fsp3) is 0.250. The Bertz CT molecular complexity index is 93.9. The highest BCUT2D eigenvalue weighted by molar-refractivity contribution is 6.30. The first-order valence-corrected chi connectivity index (χ1v) is 2.12. The molecule has 0 fully saturated rings. The summed E-state index contributed by atoms with van der Waals surface area (Å²) in [5.74, 6) is 0. The van der Waals surface area contributed by atoms with Crippen molar-refractivity contribution >= 4 is 17.8 Å². The minimum Gasteiger partial charge on any atom is -0.0956 e. The Labute approximate surface area is 46.4 Å². The fourth-order valence-corrected chi connectivity index (χ4v) is 0.187. The molecule has 0 N–H and O–H groups in total. The van der Waals surface area contributed by atoms with E-state index in [0.29, 0.717) is 5.03 Å². The zero-order valence-corrected chi connectivity index (χ0v) is 4.61. The molecule has 0 spiro atoms. The highest BCUT2D eigenvalue weighted by atomic mass is 35.5. The van der Waals surface area contributed by atoms with Gasteiger partial charge in [-0.25, -0.2) is 0 Å². The van der Waals surface area contributed by atoms with Crippen LogP contribution in [0.4, 0.5) is 4.48 Å². The van der Waals surface area contributed by atoms with Crippen LogP contribution in [0, 0.1) is 0 Å². The normalized spacial score (nSPS) is 13.3. The number of hydrogen-bond acceptors (Lipinski definition) is 1. The van der Waals surface area contributed by atoms with Gasteiger partial charge in [0.15, 0.2) is 0 Å². The third-order valence-electron chi connectivity index (χ3n) is 0.361. The second kappa shape index (κ2) is 3.81. The van der Waals surface area contributed by atoms with E-state index < -0.39 is 0 Å². The van der Waals surface area contributed by atoms with E-state index in [-0.39, 0.29) is 0 Å². The Hall–Kier alpha value is -0.370. The Morgan fingerprint density at radius 3 is 2.57 bits per heavy atom. The van der Waals surface area contributed by atoms with Crippen LogP contribution >= 0.6 is 11.6 Å². The molecule has 0 aliphatic rings. The predicted octanol–water partition coefficient (Wildman–Crippen LogP) is 2.08. The highest BCUT2D eigenvalue weighted by Gasteiger charge is 1.70. The number of allylic oxidation sites excluding steroid dienone is 2. The smallest absolute Gasteiger partial charge is 0.0610 e. The first-order valence-electron chi connectivity index (χ1n) is 1.74. The fourth-order valence-electron chi connectivity index (χ4n) is 0.131. The van der Waals surface area contributed by atoms with Crippen molar-refractivity contribution in [3.05, 3.63) is 11.1 Å². The summed E-state index contributed by atoms with van der Waals surface area (Å²) in [6.45, 7) is 1.64. The Balaban J connectivity index is 3.46. The molecule has 0 aromatic carbocycles. The molecule has 3 heteroatoms. The van der Waals surface area contributed by atoms with Crippen LogP contribution < -0.4 is 0 Å². The number of hydrogen-bond donors (Lipinski definition) is 0. The summed E-state index contributed by atoms with van der Waals surface area (Å²) in [6, 6.07) is 0. The van der Waals surface area contributed by atoms with Gasteiger partial charge in [-0.15, -0.1) is 0 Å². The second-order valence-electron chi connectivity index (χ2n) is 1.00. The molecule has 0 saturated heterocycles. The Morgan fingerprint density at radius 2 is 2.43 bits per heavy atom. The molecular weight excluding hydrogens is 117 g/mol. The van der Waals surface area contributed by atoms with Gasteiger partial charge >= 0.3 is 0 Å². The summed E-state index contributed by atoms with van der Waals surface area (Å²) in [6.07, 6.45) is 2.35. The van der Waals surface area contributed by atoms with Gasteiger partial charge < -0.3 is 0 Å². The molecule has 0 unspecified atom stereocenters. The van der Waals surface area contributed by atoms with Crippen LogP contribution in [0.1, 0.15) is 6.92 Å². The van der Waals surface area contributed by atoms with Crippen LogP contribution in [0.15, 0.2) is 16.3 Å². The van der Waals surface area contributed by atoms with E-state index in [2.05, 4.69) is 5.21 Å². The predicted molar refractivity (Wildman–Crippen MR) is 29.2 cm³/mol. The van der Waals surface area contributed by atoms with E-state index in [4.69, 9.17) is 11.6 Å². The van der Waals surface area contributed by atoms with Crippen molar-refractivity contribution in [1.82, 2.24) is 0 Å². The molecule has 7 heavy (non-hydrogen) atoms. The Morgan fingerprint density at radius 1 is 1.86 bits per heavy atom. The summed E-state index contributed by atoms with van der Waals surface area (Å²) in [5.41, 5.74) is 0. The van der Waals surface area contributed by atoms with E-state index >= 15 is 0 Å². The number of halogens is 2. The zero-order valence-electron chi connectivity index (χ0n) is 3.86. The van der Waals surface area contributed by atoms with Crippen molar-refractivity contribution in [2.24, 2.45) is 5.21 Å². The van der Waals surface area contributed by atoms with E-state index in [0.717, 1.165) is 6.21 Å². The van der Waals surface area contributed by atoms with Crippen LogP contribution in [-0.2, 0) is 0 Å². The highest BCUT2D eigenvalue weighted by Crippen LogP contribution is 1.94. The average molecular weight is 122 g/mol. The molecule has 0 saturated carbocycles. The lowest BCUT2D eigenvalue weighted by molar-refractivity contribution is 0.541. The molecule has 0 bridgehead atoms. The minimum absolute atomic E-state index is 0.515. The molecule has 0 aromatic rings. The van der Waals surface area contributed by atoms with Crippen LogP contribution in [-0.4, -0.2) is 6.21 Å². The topological polar surface area (TPSA) is 12.4 Å². The van der Waals surface area contributed by atoms with Crippen LogP contribution in [0.5, 0.6) is 0 Å². The van der Waals surface area contributed by atoms with Gasteiger partial charge in [0.1, 0.15) is 0 Å². The summed E-state index contributed by atoms with van der Waals surface area (Å²) < 4.78 is 10.8. The molecule has 40 valence electrons. The number of rotatable bonds is 1. The maximum Gasteiger partial charge on any atom is 0.0610 e. The lowest BCUT2D eigenvalue weighted by Crippen LogP contribution is -1.60. The molecule has 0 atom stereocenters. The van der Waals surface area contributed by atoms with Gasteiger partial charge in [0.25, 0.3) is 0 Å². The maximum atomic E-state index is 10.8. The van der Waals surface area contributed by atoms with Crippen LogP contribution in [0.25, 0.3) is 0 Å². The summed E-state index contributed by atoms with van der Waals surface area (Å²) >= 11 is 5.26. The lowest BCUT2D eigenvalue weighted by Gasteiger charge is -1.72. The van der Waals surface area contributed by atoms with Gasteiger partial charge in [-0.2, -0.15) is 0 Å². The number of nitrogens with zero attached hydrogens (tertiary/aromatic N) is 1. The van der Waals surface area contributed by atoms with Crippen LogP contribution in [0.2, 0.25) is 0 Å². The van der Waals surface area contributed by atoms with E-state index in [1.807, 2.05) is 0 Å². The molecule has 0 aliphatic carbocycles. The second-order valence-corrected chi connectivity index (χ2v) is 1.60. The van der Waals surface area contributed by atoms with E-state index in [9.17, 15) is 4.48 Å². The van der Waals surface area contributed by atoms with Crippen molar-refractivity contribution in [2.75, 3.05) is 0 Å². The summed E-state index contributed by atoms with van der Waals surface area (Å²) in [5, 5.41) is 2.71. The SMILES string of the molecule is C/C(Cl)=C\C=NF. The zero-order chi connectivity index (χ0) is 5.70. The molecule has 0 radical (unpaired) electrons. The molecule has 0 rings (SSSR count). The minimum atomic E-state index is 0.515. The molecule has 0 heterocycles. The lowest BCUT2D eigenvalue weighted by atomic mass is 10.6. The third kappa shape index (κ3) is 5.63. The maximum absolute atomic E-state index is 10.8. The molecule has 0 amide bonds. The van der Waals surface area contributed by atoms with Crippen molar-refractivity contribution in [3.8, 4) is 0 Å². The molecule has 0 aromatic heterocycles. The van der Waals surface area contributed by atoms with E-state index in [1.165, 1.54) is 6.08 Å². The van der Waals surface area contributed by atoms with Crippen molar-refractivity contribution in [3.63, 3.8) is 0 Å². The Kier molecular flexibility index (Phi) is 3.61. The molecular formula is C4H5ClFN. The van der Waals surface area contributed by atoms with Gasteiger partial charge in [0, 0.05) is 5.03 Å². The first-order chi connectivity index (χ1) is 3.27. The van der Waals surface area contributed by atoms with Gasteiger partial charge in [0.2, 0.25) is 0 Å². The van der Waals surface area contributed by atoms with Crippen LogP contribution in [0.3, 0.4) is 0 Å².